The van der Waals surface area contributed by atoms with Crippen LogP contribution < -0.4 is 10.9 Å². The second-order valence-electron chi connectivity index (χ2n) is 5.02. The monoisotopic (exact) mass is 269 g/mol. The number of nitrogens with zero attached hydrogens (tertiary/aromatic N) is 2. The Morgan fingerprint density at radius 1 is 1.30 bits per heavy atom. The van der Waals surface area contributed by atoms with Gasteiger partial charge in [-0.1, -0.05) is 12.1 Å². The number of amides is 1. The molecule has 0 atom stereocenters. The van der Waals surface area contributed by atoms with Crippen LogP contribution in [0.5, 0.6) is 0 Å². The Kier molecular flexibility index (Phi) is 3.10. The van der Waals surface area contributed by atoms with Crippen LogP contribution >= 0.6 is 0 Å². The molecule has 1 N–H and O–H groups in total. The number of aryl methyl sites for hydroxylation is 1. The molecule has 2 aromatic rings. The maximum atomic E-state index is 11.7. The Labute approximate surface area is 116 Å². The Hall–Kier alpha value is -2.43. The zero-order valence-corrected chi connectivity index (χ0v) is 11.2. The van der Waals surface area contributed by atoms with Crippen molar-refractivity contribution >= 4 is 11.6 Å². The number of carbonyl (C=O) groups is 1. The van der Waals surface area contributed by atoms with E-state index in [-0.39, 0.29) is 17.4 Å². The lowest BCUT2D eigenvalue weighted by atomic mass is 10.1. The molecule has 0 aliphatic heterocycles. The van der Waals surface area contributed by atoms with Crippen molar-refractivity contribution in [1.82, 2.24) is 9.78 Å². The van der Waals surface area contributed by atoms with Crippen LogP contribution in [0.25, 0.3) is 11.3 Å². The van der Waals surface area contributed by atoms with Crippen molar-refractivity contribution in [3.63, 3.8) is 0 Å². The van der Waals surface area contributed by atoms with Crippen LogP contribution in [0.2, 0.25) is 0 Å². The van der Waals surface area contributed by atoms with E-state index in [1.807, 2.05) is 24.3 Å². The predicted octanol–water partition coefficient (Wildman–Crippen LogP) is 1.80. The summed E-state index contributed by atoms with van der Waals surface area (Å²) in [5.41, 5.74) is 2.19. The summed E-state index contributed by atoms with van der Waals surface area (Å²) in [5.74, 6) is 0.255. The molecule has 5 nitrogen and oxygen atoms in total. The molecule has 1 aliphatic rings. The number of hydrogen-bond acceptors (Lipinski definition) is 3. The van der Waals surface area contributed by atoms with E-state index in [4.69, 9.17) is 0 Å². The van der Waals surface area contributed by atoms with E-state index in [0.717, 1.165) is 24.1 Å². The number of anilines is 1. The van der Waals surface area contributed by atoms with Crippen LogP contribution in [0.3, 0.4) is 0 Å². The third-order valence-electron chi connectivity index (χ3n) is 3.33. The van der Waals surface area contributed by atoms with Gasteiger partial charge in [0.05, 0.1) is 5.69 Å². The van der Waals surface area contributed by atoms with Gasteiger partial charge >= 0.3 is 0 Å². The van der Waals surface area contributed by atoms with Gasteiger partial charge in [-0.05, 0) is 31.0 Å². The van der Waals surface area contributed by atoms with Gasteiger partial charge in [0.1, 0.15) is 0 Å². The van der Waals surface area contributed by atoms with E-state index in [1.165, 1.54) is 10.7 Å². The van der Waals surface area contributed by atoms with Gasteiger partial charge in [0.15, 0.2) is 0 Å². The van der Waals surface area contributed by atoms with Gasteiger partial charge in [-0.2, -0.15) is 5.10 Å². The molecule has 3 rings (SSSR count). The summed E-state index contributed by atoms with van der Waals surface area (Å²) in [6.07, 6.45) is 1.96. The molecule has 1 amide bonds. The molecule has 0 unspecified atom stereocenters. The maximum absolute atomic E-state index is 11.7. The first-order valence-corrected chi connectivity index (χ1v) is 6.59. The first-order chi connectivity index (χ1) is 9.63. The molecule has 0 bridgehead atoms. The minimum absolute atomic E-state index is 0.0792. The summed E-state index contributed by atoms with van der Waals surface area (Å²) in [4.78, 5) is 23.1. The van der Waals surface area contributed by atoms with Crippen molar-refractivity contribution in [1.29, 1.82) is 0 Å². The number of nitrogens with one attached hydrogen (secondary N) is 1. The molecule has 1 aromatic heterocycles. The lowest BCUT2D eigenvalue weighted by Gasteiger charge is -2.07. The summed E-state index contributed by atoms with van der Waals surface area (Å²) in [6, 6.07) is 10.7. The normalized spacial score (nSPS) is 14.1. The highest BCUT2D eigenvalue weighted by Crippen LogP contribution is 2.30. The number of carbonyl (C=O) groups excluding carboxylic acids is 1. The molecule has 1 saturated carbocycles. The lowest BCUT2D eigenvalue weighted by molar-refractivity contribution is -0.117. The topological polar surface area (TPSA) is 64.0 Å². The van der Waals surface area contributed by atoms with Gasteiger partial charge < -0.3 is 5.32 Å². The van der Waals surface area contributed by atoms with E-state index in [0.29, 0.717) is 5.69 Å². The number of benzene rings is 1. The average Bonchev–Trinajstić information content (AvgIpc) is 3.26. The zero-order chi connectivity index (χ0) is 14.1. The molecular formula is C15H15N3O2. The third-order valence-corrected chi connectivity index (χ3v) is 3.33. The SMILES string of the molecule is Cn1nc(-c2cccc(NC(=O)C3CC3)c2)ccc1=O. The van der Waals surface area contributed by atoms with E-state index in [1.54, 1.807) is 13.1 Å². The van der Waals surface area contributed by atoms with Crippen molar-refractivity contribution in [2.75, 3.05) is 5.32 Å². The van der Waals surface area contributed by atoms with E-state index >= 15 is 0 Å². The molecular weight excluding hydrogens is 254 g/mol. The fourth-order valence-corrected chi connectivity index (χ4v) is 2.00. The largest absolute Gasteiger partial charge is 0.326 e. The molecule has 0 saturated heterocycles. The second-order valence-corrected chi connectivity index (χ2v) is 5.02. The molecule has 102 valence electrons. The molecule has 0 spiro atoms. The van der Waals surface area contributed by atoms with E-state index < -0.39 is 0 Å². The Morgan fingerprint density at radius 2 is 2.10 bits per heavy atom. The highest BCUT2D eigenvalue weighted by Gasteiger charge is 2.29. The average molecular weight is 269 g/mol. The molecule has 5 heteroatoms. The smallest absolute Gasteiger partial charge is 0.266 e. The van der Waals surface area contributed by atoms with Crippen molar-refractivity contribution in [3.8, 4) is 11.3 Å². The summed E-state index contributed by atoms with van der Waals surface area (Å²) in [5, 5.41) is 7.11. The molecule has 1 aromatic carbocycles. The maximum Gasteiger partial charge on any atom is 0.266 e. The fraction of sp³-hybridized carbons (Fsp3) is 0.267. The Bertz CT molecular complexity index is 717. The molecule has 1 aliphatic carbocycles. The van der Waals surface area contributed by atoms with Crippen LogP contribution in [-0.4, -0.2) is 15.7 Å². The zero-order valence-electron chi connectivity index (χ0n) is 11.2. The quantitative estimate of drug-likeness (QED) is 0.924. The second kappa shape index (κ2) is 4.92. The summed E-state index contributed by atoms with van der Waals surface area (Å²) < 4.78 is 1.30. The third kappa shape index (κ3) is 2.61. The van der Waals surface area contributed by atoms with Crippen molar-refractivity contribution in [2.24, 2.45) is 13.0 Å². The molecule has 1 fully saturated rings. The van der Waals surface area contributed by atoms with Gasteiger partial charge in [-0.25, -0.2) is 4.68 Å². The van der Waals surface area contributed by atoms with Gasteiger partial charge in [-0.15, -0.1) is 0 Å². The Morgan fingerprint density at radius 3 is 2.80 bits per heavy atom. The molecule has 20 heavy (non-hydrogen) atoms. The number of hydrogen-bond donors (Lipinski definition) is 1. The number of aromatic nitrogens is 2. The summed E-state index contributed by atoms with van der Waals surface area (Å²) >= 11 is 0. The molecule has 0 radical (unpaired) electrons. The first kappa shape index (κ1) is 12.6. The minimum atomic E-state index is -0.146. The van der Waals surface area contributed by atoms with Gasteiger partial charge in [0.2, 0.25) is 5.91 Å². The van der Waals surface area contributed by atoms with Crippen LogP contribution in [0, 0.1) is 5.92 Å². The van der Waals surface area contributed by atoms with Crippen LogP contribution in [0.15, 0.2) is 41.2 Å². The van der Waals surface area contributed by atoms with Crippen LogP contribution in [-0.2, 0) is 11.8 Å². The van der Waals surface area contributed by atoms with Crippen molar-refractivity contribution < 1.29 is 4.79 Å². The Balaban J connectivity index is 1.87. The van der Waals surface area contributed by atoms with Gasteiger partial charge in [0, 0.05) is 30.3 Å². The summed E-state index contributed by atoms with van der Waals surface area (Å²) in [6.45, 7) is 0. The van der Waals surface area contributed by atoms with Crippen LogP contribution in [0.1, 0.15) is 12.8 Å². The van der Waals surface area contributed by atoms with E-state index in [9.17, 15) is 9.59 Å². The highest BCUT2D eigenvalue weighted by atomic mass is 16.2. The van der Waals surface area contributed by atoms with Crippen molar-refractivity contribution in [3.05, 3.63) is 46.8 Å². The van der Waals surface area contributed by atoms with Crippen molar-refractivity contribution in [2.45, 2.75) is 12.8 Å². The van der Waals surface area contributed by atoms with E-state index in [2.05, 4.69) is 10.4 Å². The standard InChI is InChI=1S/C15H15N3O2/c1-18-14(19)8-7-13(17-18)11-3-2-4-12(9-11)16-15(20)10-5-6-10/h2-4,7-10H,5-6H2,1H3,(H,16,20). The predicted molar refractivity (Wildman–Crippen MR) is 76.3 cm³/mol. The number of rotatable bonds is 3. The first-order valence-electron chi connectivity index (χ1n) is 6.59. The molecule has 1 heterocycles. The van der Waals surface area contributed by atoms with Gasteiger partial charge in [0.25, 0.3) is 5.56 Å². The highest BCUT2D eigenvalue weighted by molar-refractivity contribution is 5.94. The lowest BCUT2D eigenvalue weighted by Crippen LogP contribution is -2.18. The minimum Gasteiger partial charge on any atom is -0.326 e. The summed E-state index contributed by atoms with van der Waals surface area (Å²) in [7, 11) is 1.62. The van der Waals surface area contributed by atoms with Gasteiger partial charge in [-0.3, -0.25) is 9.59 Å². The van der Waals surface area contributed by atoms with Crippen LogP contribution in [0.4, 0.5) is 5.69 Å². The fourth-order valence-electron chi connectivity index (χ4n) is 2.00.